The summed E-state index contributed by atoms with van der Waals surface area (Å²) in [6, 6.07) is 10.3. The van der Waals surface area contributed by atoms with Crippen LogP contribution in [-0.2, 0) is 0 Å². The molecule has 4 aromatic rings. The van der Waals surface area contributed by atoms with E-state index in [-0.39, 0.29) is 16.4 Å². The molecular formula is C28H29F2N5O3S. The van der Waals surface area contributed by atoms with Gasteiger partial charge >= 0.3 is 0 Å². The minimum Gasteiger partial charge on any atom is -0.494 e. The maximum Gasteiger partial charge on any atom is 0.209 e. The monoisotopic (exact) mass is 553 g/mol. The van der Waals surface area contributed by atoms with E-state index in [2.05, 4.69) is 27.0 Å². The normalized spacial score (nSPS) is 14.0. The number of ketones is 1. The van der Waals surface area contributed by atoms with Gasteiger partial charge in [-0.1, -0.05) is 6.92 Å². The third-order valence-electron chi connectivity index (χ3n) is 6.91. The molecule has 1 aliphatic rings. The van der Waals surface area contributed by atoms with Crippen molar-refractivity contribution in [3.63, 3.8) is 0 Å². The van der Waals surface area contributed by atoms with Crippen molar-refractivity contribution in [2.45, 2.75) is 6.92 Å². The fourth-order valence-corrected chi connectivity index (χ4v) is 5.61. The summed E-state index contributed by atoms with van der Waals surface area (Å²) in [6.45, 7) is 7.18. The number of fused-ring (bicyclic) bond motifs is 1. The standard InChI is InChI=1S/C28H29F2N5O3S/c1-4-34-7-9-35(10-8-34)17-5-6-19(18(31)13-17)33-24-12-16-11-22(39-23(16)15-32-24)28(36)25-26(29)20(37-2)14-21(38-3)27(25)30/h5-6,11-15H,4,7-10,31H2,1-3H3,(H,32,33). The van der Waals surface area contributed by atoms with Crippen LogP contribution in [0.3, 0.4) is 0 Å². The predicted molar refractivity (Wildman–Crippen MR) is 151 cm³/mol. The van der Waals surface area contributed by atoms with Crippen LogP contribution < -0.4 is 25.4 Å². The molecule has 0 aliphatic carbocycles. The van der Waals surface area contributed by atoms with E-state index in [1.165, 1.54) is 14.2 Å². The molecule has 0 spiro atoms. The molecule has 2 aromatic carbocycles. The van der Waals surface area contributed by atoms with E-state index >= 15 is 0 Å². The number of piperazine rings is 1. The summed E-state index contributed by atoms with van der Waals surface area (Å²) in [4.78, 5) is 22.5. The Morgan fingerprint density at radius 3 is 2.36 bits per heavy atom. The Hall–Kier alpha value is -3.96. The Morgan fingerprint density at radius 2 is 1.74 bits per heavy atom. The highest BCUT2D eigenvalue weighted by molar-refractivity contribution is 7.21. The number of benzene rings is 2. The summed E-state index contributed by atoms with van der Waals surface area (Å²) in [7, 11) is 2.47. The molecule has 0 atom stereocenters. The Labute approximate surface area is 228 Å². The highest BCUT2D eigenvalue weighted by atomic mass is 32.1. The van der Waals surface area contributed by atoms with Gasteiger partial charge in [-0.05, 0) is 42.3 Å². The van der Waals surface area contributed by atoms with Gasteiger partial charge in [0.15, 0.2) is 23.1 Å². The molecule has 5 rings (SSSR count). The number of rotatable bonds is 8. The van der Waals surface area contributed by atoms with Crippen LogP contribution in [0.15, 0.2) is 42.6 Å². The van der Waals surface area contributed by atoms with Crippen LogP contribution in [0.25, 0.3) is 10.1 Å². The van der Waals surface area contributed by atoms with Gasteiger partial charge in [0.1, 0.15) is 11.4 Å². The van der Waals surface area contributed by atoms with Crippen LogP contribution in [0.2, 0.25) is 0 Å². The van der Waals surface area contributed by atoms with Gasteiger partial charge in [-0.3, -0.25) is 4.79 Å². The van der Waals surface area contributed by atoms with E-state index < -0.39 is 23.0 Å². The molecule has 2 aromatic heterocycles. The number of nitrogens with zero attached hydrogens (tertiary/aromatic N) is 3. The first-order valence-corrected chi connectivity index (χ1v) is 13.3. The summed E-state index contributed by atoms with van der Waals surface area (Å²) in [5, 5.41) is 3.93. The second kappa shape index (κ2) is 11.0. The molecule has 11 heteroatoms. The molecular weight excluding hydrogens is 524 g/mol. The lowest BCUT2D eigenvalue weighted by Crippen LogP contribution is -2.46. The third kappa shape index (κ3) is 5.19. The van der Waals surface area contributed by atoms with E-state index in [0.29, 0.717) is 27.3 Å². The minimum absolute atomic E-state index is 0.157. The average Bonchev–Trinajstić information content (AvgIpc) is 3.38. The maximum absolute atomic E-state index is 14.9. The van der Waals surface area contributed by atoms with Crippen molar-refractivity contribution in [2.75, 3.05) is 62.9 Å². The lowest BCUT2D eigenvalue weighted by Gasteiger charge is -2.35. The van der Waals surface area contributed by atoms with Gasteiger partial charge in [0, 0.05) is 44.1 Å². The third-order valence-corrected chi connectivity index (χ3v) is 8.00. The van der Waals surface area contributed by atoms with E-state index in [4.69, 9.17) is 15.2 Å². The second-order valence-corrected chi connectivity index (χ2v) is 10.2. The fourth-order valence-electron chi connectivity index (χ4n) is 4.65. The number of hydrogen-bond acceptors (Lipinski definition) is 9. The number of likely N-dealkylation sites (N-methyl/N-ethyl adjacent to an activating group) is 1. The van der Waals surface area contributed by atoms with Crippen LogP contribution >= 0.6 is 11.3 Å². The van der Waals surface area contributed by atoms with Crippen LogP contribution in [-0.4, -0.2) is 62.6 Å². The molecule has 1 aliphatic heterocycles. The van der Waals surface area contributed by atoms with Crippen LogP contribution in [0.5, 0.6) is 11.5 Å². The molecule has 3 N–H and O–H groups in total. The number of nitrogens with two attached hydrogens (primary N) is 1. The van der Waals surface area contributed by atoms with Crippen molar-refractivity contribution >= 4 is 50.1 Å². The SMILES string of the molecule is CCN1CCN(c2ccc(Nc3cc4cc(C(=O)c5c(F)c(OC)cc(OC)c5F)sc4cn3)c(N)c2)CC1. The minimum atomic E-state index is -1.08. The van der Waals surface area contributed by atoms with Crippen molar-refractivity contribution in [1.29, 1.82) is 0 Å². The zero-order valence-electron chi connectivity index (χ0n) is 21.9. The number of ether oxygens (including phenoxy) is 2. The highest BCUT2D eigenvalue weighted by Crippen LogP contribution is 2.36. The largest absolute Gasteiger partial charge is 0.494 e. The number of carbonyl (C=O) groups excluding carboxylic acids is 1. The van der Waals surface area contributed by atoms with Gasteiger partial charge in [-0.15, -0.1) is 11.3 Å². The maximum atomic E-state index is 14.9. The second-order valence-electron chi connectivity index (χ2n) is 9.15. The number of methoxy groups -OCH3 is 2. The van der Waals surface area contributed by atoms with E-state index in [1.54, 1.807) is 18.3 Å². The Bertz CT molecular complexity index is 1510. The lowest BCUT2D eigenvalue weighted by molar-refractivity contribution is 0.103. The zero-order chi connectivity index (χ0) is 27.7. The smallest absolute Gasteiger partial charge is 0.209 e. The van der Waals surface area contributed by atoms with Crippen LogP contribution in [0.4, 0.5) is 31.7 Å². The molecule has 1 fully saturated rings. The number of nitrogen functional groups attached to an aromatic ring is 1. The molecule has 0 saturated carbocycles. The highest BCUT2D eigenvalue weighted by Gasteiger charge is 2.27. The van der Waals surface area contributed by atoms with Crippen molar-refractivity contribution < 1.29 is 23.0 Å². The van der Waals surface area contributed by atoms with Gasteiger partial charge in [0.2, 0.25) is 5.78 Å². The van der Waals surface area contributed by atoms with E-state index in [9.17, 15) is 13.6 Å². The van der Waals surface area contributed by atoms with Gasteiger partial charge in [-0.25, -0.2) is 13.8 Å². The Balaban J connectivity index is 1.37. The fraction of sp³-hybridized carbons (Fsp3) is 0.286. The van der Waals surface area contributed by atoms with Crippen molar-refractivity contribution in [3.05, 3.63) is 64.7 Å². The van der Waals surface area contributed by atoms with Crippen LogP contribution in [0.1, 0.15) is 22.2 Å². The predicted octanol–water partition coefficient (Wildman–Crippen LogP) is 5.29. The van der Waals surface area contributed by atoms with Crippen molar-refractivity contribution in [2.24, 2.45) is 0 Å². The number of anilines is 4. The summed E-state index contributed by atoms with van der Waals surface area (Å²) in [5.74, 6) is -3.00. The topological polar surface area (TPSA) is 93.0 Å². The molecule has 8 nitrogen and oxygen atoms in total. The molecule has 0 radical (unpaired) electrons. The van der Waals surface area contributed by atoms with Crippen LogP contribution in [0, 0.1) is 11.6 Å². The number of thiophene rings is 1. The summed E-state index contributed by atoms with van der Waals surface area (Å²) in [5.41, 5.74) is 8.01. The number of halogens is 2. The number of nitrogens with one attached hydrogen (secondary N) is 1. The number of pyridine rings is 1. The number of aromatic nitrogens is 1. The first kappa shape index (κ1) is 26.6. The van der Waals surface area contributed by atoms with E-state index in [1.807, 2.05) is 18.2 Å². The molecule has 0 amide bonds. The van der Waals surface area contributed by atoms with E-state index in [0.717, 1.165) is 55.8 Å². The zero-order valence-corrected chi connectivity index (χ0v) is 22.7. The quantitative estimate of drug-likeness (QED) is 0.225. The van der Waals surface area contributed by atoms with Gasteiger partial charge < -0.3 is 30.3 Å². The Morgan fingerprint density at radius 1 is 1.05 bits per heavy atom. The molecule has 0 bridgehead atoms. The van der Waals surface area contributed by atoms with Gasteiger partial charge in [-0.2, -0.15) is 0 Å². The van der Waals surface area contributed by atoms with Crippen molar-refractivity contribution in [1.82, 2.24) is 9.88 Å². The molecule has 0 unspecified atom stereocenters. The van der Waals surface area contributed by atoms with Crippen molar-refractivity contribution in [3.8, 4) is 11.5 Å². The number of carbonyl (C=O) groups is 1. The average molecular weight is 554 g/mol. The lowest BCUT2D eigenvalue weighted by atomic mass is 10.1. The first-order chi connectivity index (χ1) is 18.8. The van der Waals surface area contributed by atoms with Gasteiger partial charge in [0.05, 0.1) is 35.2 Å². The molecule has 3 heterocycles. The first-order valence-electron chi connectivity index (χ1n) is 12.5. The van der Waals surface area contributed by atoms with Gasteiger partial charge in [0.25, 0.3) is 0 Å². The molecule has 1 saturated heterocycles. The summed E-state index contributed by atoms with van der Waals surface area (Å²) < 4.78 is 40.4. The molecule has 39 heavy (non-hydrogen) atoms. The molecule has 204 valence electrons. The Kier molecular flexibility index (Phi) is 7.53. The summed E-state index contributed by atoms with van der Waals surface area (Å²) >= 11 is 1.09. The summed E-state index contributed by atoms with van der Waals surface area (Å²) in [6.07, 6.45) is 1.61. The number of hydrogen-bond donors (Lipinski definition) is 2.